The molecule has 2 fully saturated rings. The Balaban J connectivity index is 1.47. The van der Waals surface area contributed by atoms with Gasteiger partial charge in [0.2, 0.25) is 0 Å². The molecule has 28 heavy (non-hydrogen) atoms. The Morgan fingerprint density at radius 1 is 1.21 bits per heavy atom. The van der Waals surface area contributed by atoms with Crippen molar-refractivity contribution in [1.82, 2.24) is 14.9 Å². The number of carbonyl (C=O) groups is 1. The Labute approximate surface area is 165 Å². The summed E-state index contributed by atoms with van der Waals surface area (Å²) < 4.78 is 11.5. The Hall–Kier alpha value is -2.51. The summed E-state index contributed by atoms with van der Waals surface area (Å²) in [5.74, 6) is 0.0494. The standard InChI is InChI=1S/C21H26N4O3/c1-3-16-6-4-5-15(2)19(16)24-18-13-17(22-14-23-18)20(26)25-9-7-21(8-10-25)27-11-12-28-21/h4-6,13-14H,3,7-12H2,1-2H3,(H,22,23,24). The van der Waals surface area contributed by atoms with Crippen molar-refractivity contribution in [3.05, 3.63) is 47.4 Å². The van der Waals surface area contributed by atoms with Gasteiger partial charge in [-0.3, -0.25) is 4.79 Å². The lowest BCUT2D eigenvalue weighted by molar-refractivity contribution is -0.181. The number of hydrogen-bond donors (Lipinski definition) is 1. The fraction of sp³-hybridized carbons (Fsp3) is 0.476. The molecule has 7 nitrogen and oxygen atoms in total. The maximum Gasteiger partial charge on any atom is 0.272 e. The highest BCUT2D eigenvalue weighted by molar-refractivity contribution is 5.93. The SMILES string of the molecule is CCc1cccc(C)c1Nc1cc(C(=O)N2CCC3(CC2)OCCO3)ncn1. The number of anilines is 2. The molecule has 2 aliphatic heterocycles. The number of aromatic nitrogens is 2. The van der Waals surface area contributed by atoms with Gasteiger partial charge in [-0.2, -0.15) is 0 Å². The van der Waals surface area contributed by atoms with Crippen LogP contribution in [-0.2, 0) is 15.9 Å². The third-order valence-corrected chi connectivity index (χ3v) is 5.51. The first-order valence-corrected chi connectivity index (χ1v) is 9.85. The molecule has 4 rings (SSSR count). The van der Waals surface area contributed by atoms with Gasteiger partial charge in [-0.25, -0.2) is 9.97 Å². The Kier molecular flexibility index (Phi) is 5.28. The first-order chi connectivity index (χ1) is 13.6. The van der Waals surface area contributed by atoms with Gasteiger partial charge in [0, 0.05) is 37.7 Å². The summed E-state index contributed by atoms with van der Waals surface area (Å²) in [6, 6.07) is 7.93. The number of rotatable bonds is 4. The van der Waals surface area contributed by atoms with E-state index in [1.807, 2.05) is 4.90 Å². The van der Waals surface area contributed by atoms with Crippen LogP contribution in [0.5, 0.6) is 0 Å². The maximum absolute atomic E-state index is 12.9. The van der Waals surface area contributed by atoms with Gasteiger partial charge in [-0.15, -0.1) is 0 Å². The van der Waals surface area contributed by atoms with Crippen molar-refractivity contribution in [3.63, 3.8) is 0 Å². The van der Waals surface area contributed by atoms with Gasteiger partial charge < -0.3 is 19.7 Å². The van der Waals surface area contributed by atoms with E-state index in [0.717, 1.165) is 17.7 Å². The van der Waals surface area contributed by atoms with Gasteiger partial charge in [0.1, 0.15) is 17.8 Å². The molecule has 0 atom stereocenters. The van der Waals surface area contributed by atoms with Gasteiger partial charge >= 0.3 is 0 Å². The lowest BCUT2D eigenvalue weighted by atomic mass is 10.0. The second-order valence-electron chi connectivity index (χ2n) is 7.28. The van der Waals surface area contributed by atoms with Crippen LogP contribution in [-0.4, -0.2) is 52.9 Å². The highest BCUT2D eigenvalue weighted by atomic mass is 16.7. The molecule has 7 heteroatoms. The normalized spacial score (nSPS) is 18.4. The molecule has 2 saturated heterocycles. The van der Waals surface area contributed by atoms with Crippen molar-refractivity contribution in [2.75, 3.05) is 31.6 Å². The molecule has 1 aromatic heterocycles. The number of para-hydroxylation sites is 1. The van der Waals surface area contributed by atoms with Crippen LogP contribution in [0.1, 0.15) is 41.4 Å². The van der Waals surface area contributed by atoms with E-state index < -0.39 is 5.79 Å². The molecule has 148 valence electrons. The first kappa shape index (κ1) is 18.8. The van der Waals surface area contributed by atoms with E-state index in [9.17, 15) is 4.79 Å². The van der Waals surface area contributed by atoms with Crippen LogP contribution in [0.3, 0.4) is 0 Å². The van der Waals surface area contributed by atoms with Crippen molar-refractivity contribution in [2.24, 2.45) is 0 Å². The Bertz CT molecular complexity index is 854. The number of nitrogens with one attached hydrogen (secondary N) is 1. The van der Waals surface area contributed by atoms with Crippen molar-refractivity contribution < 1.29 is 14.3 Å². The second kappa shape index (κ2) is 7.85. The van der Waals surface area contributed by atoms with Crippen molar-refractivity contribution in [1.29, 1.82) is 0 Å². The molecule has 1 amide bonds. The van der Waals surface area contributed by atoms with E-state index in [1.54, 1.807) is 6.07 Å². The molecule has 1 aromatic carbocycles. The summed E-state index contributed by atoms with van der Waals surface area (Å²) >= 11 is 0. The first-order valence-electron chi connectivity index (χ1n) is 9.85. The van der Waals surface area contributed by atoms with E-state index >= 15 is 0 Å². The minimum atomic E-state index is -0.490. The van der Waals surface area contributed by atoms with Crippen LogP contribution >= 0.6 is 0 Å². The summed E-state index contributed by atoms with van der Waals surface area (Å²) in [6.45, 7) is 6.65. The van der Waals surface area contributed by atoms with Crippen molar-refractivity contribution >= 4 is 17.4 Å². The monoisotopic (exact) mass is 382 g/mol. The smallest absolute Gasteiger partial charge is 0.272 e. The van der Waals surface area contributed by atoms with Crippen LogP contribution in [0.15, 0.2) is 30.6 Å². The van der Waals surface area contributed by atoms with E-state index in [4.69, 9.17) is 9.47 Å². The third-order valence-electron chi connectivity index (χ3n) is 5.51. The largest absolute Gasteiger partial charge is 0.347 e. The summed E-state index contributed by atoms with van der Waals surface area (Å²) in [6.07, 6.45) is 3.74. The number of amides is 1. The molecule has 0 aliphatic carbocycles. The summed E-state index contributed by atoms with van der Waals surface area (Å²) in [5.41, 5.74) is 3.79. The highest BCUT2D eigenvalue weighted by Gasteiger charge is 2.41. The highest BCUT2D eigenvalue weighted by Crippen LogP contribution is 2.32. The second-order valence-corrected chi connectivity index (χ2v) is 7.28. The van der Waals surface area contributed by atoms with Crippen LogP contribution in [0.2, 0.25) is 0 Å². The molecule has 1 spiro atoms. The predicted molar refractivity (Wildman–Crippen MR) is 106 cm³/mol. The van der Waals surface area contributed by atoms with Crippen molar-refractivity contribution in [3.8, 4) is 0 Å². The summed E-state index contributed by atoms with van der Waals surface area (Å²) in [7, 11) is 0. The average molecular weight is 382 g/mol. The number of ether oxygens (including phenoxy) is 2. The average Bonchev–Trinajstić information content (AvgIpc) is 3.18. The molecule has 2 aromatic rings. The zero-order chi connectivity index (χ0) is 19.6. The zero-order valence-corrected chi connectivity index (χ0v) is 16.4. The quantitative estimate of drug-likeness (QED) is 0.876. The van der Waals surface area contributed by atoms with Crippen LogP contribution in [0.25, 0.3) is 0 Å². The minimum Gasteiger partial charge on any atom is -0.347 e. The summed E-state index contributed by atoms with van der Waals surface area (Å²) in [5, 5.41) is 3.37. The van der Waals surface area contributed by atoms with Crippen LogP contribution < -0.4 is 5.32 Å². The number of nitrogens with zero attached hydrogens (tertiary/aromatic N) is 3. The molecular formula is C21H26N4O3. The molecule has 3 heterocycles. The van der Waals surface area contributed by atoms with Crippen LogP contribution in [0, 0.1) is 6.92 Å². The van der Waals surface area contributed by atoms with Gasteiger partial charge in [-0.05, 0) is 24.5 Å². The predicted octanol–water partition coefficient (Wildman–Crippen LogP) is 3.07. The number of benzene rings is 1. The van der Waals surface area contributed by atoms with Gasteiger partial charge in [0.25, 0.3) is 5.91 Å². The van der Waals surface area contributed by atoms with E-state index in [-0.39, 0.29) is 5.91 Å². The minimum absolute atomic E-state index is 0.0844. The lowest BCUT2D eigenvalue weighted by Gasteiger charge is -2.37. The number of aryl methyl sites for hydroxylation is 2. The lowest BCUT2D eigenvalue weighted by Crippen LogP contribution is -2.47. The van der Waals surface area contributed by atoms with Crippen molar-refractivity contribution in [2.45, 2.75) is 38.9 Å². The maximum atomic E-state index is 12.9. The molecule has 0 bridgehead atoms. The fourth-order valence-corrected chi connectivity index (χ4v) is 3.87. The van der Waals surface area contributed by atoms with Gasteiger partial charge in [-0.1, -0.05) is 25.1 Å². The third kappa shape index (κ3) is 3.72. The molecule has 0 unspecified atom stereocenters. The summed E-state index contributed by atoms with van der Waals surface area (Å²) in [4.78, 5) is 23.2. The van der Waals surface area contributed by atoms with E-state index in [1.165, 1.54) is 11.9 Å². The number of hydrogen-bond acceptors (Lipinski definition) is 6. The molecule has 0 saturated carbocycles. The Morgan fingerprint density at radius 3 is 2.68 bits per heavy atom. The van der Waals surface area contributed by atoms with E-state index in [0.29, 0.717) is 50.7 Å². The fourth-order valence-electron chi connectivity index (χ4n) is 3.87. The van der Waals surface area contributed by atoms with Gasteiger partial charge in [0.15, 0.2) is 5.79 Å². The topological polar surface area (TPSA) is 76.6 Å². The number of carbonyl (C=O) groups excluding carboxylic acids is 1. The zero-order valence-electron chi connectivity index (χ0n) is 16.4. The van der Waals surface area contributed by atoms with E-state index in [2.05, 4.69) is 47.3 Å². The molecule has 2 aliphatic rings. The Morgan fingerprint density at radius 2 is 1.96 bits per heavy atom. The van der Waals surface area contributed by atoms with Crippen LogP contribution in [0.4, 0.5) is 11.5 Å². The molecule has 1 N–H and O–H groups in total. The number of piperidine rings is 1. The molecule has 0 radical (unpaired) electrons. The van der Waals surface area contributed by atoms with Gasteiger partial charge in [0.05, 0.1) is 13.2 Å². The molecular weight excluding hydrogens is 356 g/mol. The number of likely N-dealkylation sites (tertiary alicyclic amines) is 1.